The summed E-state index contributed by atoms with van der Waals surface area (Å²) in [4.78, 5) is 31.0. The molecule has 2 aromatic rings. The summed E-state index contributed by atoms with van der Waals surface area (Å²) < 4.78 is 5.17. The normalized spacial score (nSPS) is 19.0. The van der Waals surface area contributed by atoms with Gasteiger partial charge in [0.2, 0.25) is 11.8 Å². The number of fused-ring (bicyclic) bond motifs is 1. The maximum atomic E-state index is 13.2. The fourth-order valence-corrected chi connectivity index (χ4v) is 5.72. The molecular weight excluding hydrogens is 470 g/mol. The summed E-state index contributed by atoms with van der Waals surface area (Å²) in [5.41, 5.74) is 2.46. The molecule has 10 heteroatoms. The first-order chi connectivity index (χ1) is 16.5. The van der Waals surface area contributed by atoms with Crippen LogP contribution in [0.25, 0.3) is 0 Å². The Morgan fingerprint density at radius 2 is 2.03 bits per heavy atom. The first-order valence-electron chi connectivity index (χ1n) is 11.8. The standard InChI is InChI=1S/C24H29N5O3S2/c1-32-19-11-16(8-9-25-19)28-24(33)27-15-6-7-18-17(10-15)20(22(31)26-12-13-2-3-13)23(34-18)29-21(30)14-4-5-14/h8-9,11,13-15H,2-7,10,12H2,1H3,(H,26,31)(H,29,30)(H2,25,27,28,33)/t15-/m0/s1. The van der Waals surface area contributed by atoms with Crippen molar-refractivity contribution in [3.8, 4) is 5.88 Å². The van der Waals surface area contributed by atoms with Crippen molar-refractivity contribution in [2.45, 2.75) is 51.0 Å². The van der Waals surface area contributed by atoms with Crippen molar-refractivity contribution < 1.29 is 14.3 Å². The minimum Gasteiger partial charge on any atom is -0.481 e. The van der Waals surface area contributed by atoms with Crippen LogP contribution in [0.4, 0.5) is 10.7 Å². The number of methoxy groups -OCH3 is 1. The molecule has 2 amide bonds. The van der Waals surface area contributed by atoms with Crippen LogP contribution in [0.1, 0.15) is 52.9 Å². The molecule has 0 saturated heterocycles. The average molecular weight is 500 g/mol. The van der Waals surface area contributed by atoms with Crippen molar-refractivity contribution in [2.75, 3.05) is 24.3 Å². The molecule has 4 N–H and O–H groups in total. The van der Waals surface area contributed by atoms with E-state index >= 15 is 0 Å². The number of nitrogens with one attached hydrogen (secondary N) is 4. The monoisotopic (exact) mass is 499 g/mol. The Morgan fingerprint density at radius 3 is 2.76 bits per heavy atom. The molecule has 2 fully saturated rings. The van der Waals surface area contributed by atoms with Gasteiger partial charge in [-0.05, 0) is 74.7 Å². The van der Waals surface area contributed by atoms with Crippen LogP contribution in [0, 0.1) is 11.8 Å². The van der Waals surface area contributed by atoms with E-state index in [2.05, 4.69) is 26.3 Å². The quantitative estimate of drug-likeness (QED) is 0.412. The van der Waals surface area contributed by atoms with Crippen molar-refractivity contribution in [2.24, 2.45) is 11.8 Å². The highest BCUT2D eigenvalue weighted by molar-refractivity contribution is 7.80. The molecule has 34 heavy (non-hydrogen) atoms. The van der Waals surface area contributed by atoms with Crippen LogP contribution in [0.3, 0.4) is 0 Å². The Morgan fingerprint density at radius 1 is 1.21 bits per heavy atom. The molecule has 180 valence electrons. The fraction of sp³-hybridized carbons (Fsp3) is 0.500. The van der Waals surface area contributed by atoms with Gasteiger partial charge >= 0.3 is 0 Å². The lowest BCUT2D eigenvalue weighted by atomic mass is 9.91. The minimum atomic E-state index is -0.0827. The smallest absolute Gasteiger partial charge is 0.254 e. The number of anilines is 2. The summed E-state index contributed by atoms with van der Waals surface area (Å²) in [7, 11) is 1.57. The summed E-state index contributed by atoms with van der Waals surface area (Å²) in [5.74, 6) is 1.14. The zero-order valence-corrected chi connectivity index (χ0v) is 20.7. The van der Waals surface area contributed by atoms with Crippen LogP contribution < -0.4 is 26.0 Å². The SMILES string of the molecule is COc1cc(NC(=S)N[C@H]2CCc3sc(NC(=O)C4CC4)c(C(=O)NCC4CC4)c3C2)ccn1. The molecule has 5 rings (SSSR count). The number of hydrogen-bond acceptors (Lipinski definition) is 6. The molecule has 2 heterocycles. The zero-order chi connectivity index (χ0) is 23.7. The van der Waals surface area contributed by atoms with Gasteiger partial charge in [-0.1, -0.05) is 0 Å². The van der Waals surface area contributed by atoms with Gasteiger partial charge in [0.25, 0.3) is 5.91 Å². The Kier molecular flexibility index (Phi) is 6.69. The second kappa shape index (κ2) is 9.87. The first kappa shape index (κ1) is 23.0. The van der Waals surface area contributed by atoms with E-state index in [0.717, 1.165) is 36.9 Å². The number of amides is 2. The number of pyridine rings is 1. The van der Waals surface area contributed by atoms with E-state index < -0.39 is 0 Å². The summed E-state index contributed by atoms with van der Waals surface area (Å²) in [6, 6.07) is 3.70. The number of nitrogens with zero attached hydrogens (tertiary/aromatic N) is 1. The zero-order valence-electron chi connectivity index (χ0n) is 19.1. The Hall–Kier alpha value is -2.72. The van der Waals surface area contributed by atoms with E-state index in [0.29, 0.717) is 40.4 Å². The second-order valence-electron chi connectivity index (χ2n) is 9.25. The summed E-state index contributed by atoms with van der Waals surface area (Å²) in [5, 5.41) is 13.9. The summed E-state index contributed by atoms with van der Waals surface area (Å²) in [6.45, 7) is 0.699. The molecule has 2 aromatic heterocycles. The van der Waals surface area contributed by atoms with E-state index in [1.165, 1.54) is 17.7 Å². The lowest BCUT2D eigenvalue weighted by Crippen LogP contribution is -2.41. The minimum absolute atomic E-state index is 0.0303. The van der Waals surface area contributed by atoms with Crippen molar-refractivity contribution in [3.05, 3.63) is 34.3 Å². The number of aryl methyl sites for hydroxylation is 1. The van der Waals surface area contributed by atoms with Gasteiger partial charge in [-0.15, -0.1) is 11.3 Å². The van der Waals surface area contributed by atoms with Crippen LogP contribution >= 0.6 is 23.6 Å². The number of carbonyl (C=O) groups excluding carboxylic acids is 2. The number of aromatic nitrogens is 1. The topological polar surface area (TPSA) is 104 Å². The van der Waals surface area contributed by atoms with Crippen LogP contribution in [-0.2, 0) is 17.6 Å². The number of hydrogen-bond donors (Lipinski definition) is 4. The number of ether oxygens (including phenoxy) is 1. The van der Waals surface area contributed by atoms with Gasteiger partial charge in [0.05, 0.1) is 12.7 Å². The molecule has 8 nitrogen and oxygen atoms in total. The number of thiophene rings is 1. The maximum Gasteiger partial charge on any atom is 0.254 e. The average Bonchev–Trinajstić information content (AvgIpc) is 3.74. The van der Waals surface area contributed by atoms with E-state index in [4.69, 9.17) is 17.0 Å². The van der Waals surface area contributed by atoms with Crippen LogP contribution in [0.2, 0.25) is 0 Å². The van der Waals surface area contributed by atoms with Crippen LogP contribution in [0.15, 0.2) is 18.3 Å². The van der Waals surface area contributed by atoms with Gasteiger partial charge in [-0.2, -0.15) is 0 Å². The predicted octanol–water partition coefficient (Wildman–Crippen LogP) is 3.48. The third-order valence-electron chi connectivity index (χ3n) is 6.46. The van der Waals surface area contributed by atoms with E-state index in [1.807, 2.05) is 6.07 Å². The molecule has 0 bridgehead atoms. The largest absolute Gasteiger partial charge is 0.481 e. The summed E-state index contributed by atoms with van der Waals surface area (Å²) >= 11 is 7.09. The van der Waals surface area contributed by atoms with Crippen molar-refractivity contribution >= 4 is 51.2 Å². The molecule has 0 radical (unpaired) electrons. The predicted molar refractivity (Wildman–Crippen MR) is 137 cm³/mol. The first-order valence-corrected chi connectivity index (χ1v) is 13.0. The Labute approximate surface area is 208 Å². The van der Waals surface area contributed by atoms with Crippen molar-refractivity contribution in [3.63, 3.8) is 0 Å². The molecule has 0 spiro atoms. The molecule has 0 aliphatic heterocycles. The molecule has 1 atom stereocenters. The number of thiocarbonyl (C=S) groups is 1. The van der Waals surface area contributed by atoms with Gasteiger partial charge in [0.15, 0.2) is 5.11 Å². The molecule has 0 unspecified atom stereocenters. The highest BCUT2D eigenvalue weighted by Crippen LogP contribution is 2.40. The van der Waals surface area contributed by atoms with Crippen LogP contribution in [0.5, 0.6) is 5.88 Å². The molecule has 3 aliphatic rings. The Bertz CT molecular complexity index is 1110. The van der Waals surface area contributed by atoms with Gasteiger partial charge in [0, 0.05) is 41.3 Å². The highest BCUT2D eigenvalue weighted by atomic mass is 32.1. The number of rotatable bonds is 8. The molecule has 0 aromatic carbocycles. The third-order valence-corrected chi connectivity index (χ3v) is 7.89. The highest BCUT2D eigenvalue weighted by Gasteiger charge is 2.34. The van der Waals surface area contributed by atoms with Crippen molar-refractivity contribution in [1.82, 2.24) is 15.6 Å². The van der Waals surface area contributed by atoms with Gasteiger partial charge < -0.3 is 26.0 Å². The fourth-order valence-electron chi connectivity index (χ4n) is 4.19. The molecule has 3 aliphatic carbocycles. The van der Waals surface area contributed by atoms with E-state index in [1.54, 1.807) is 30.7 Å². The van der Waals surface area contributed by atoms with Crippen LogP contribution in [-0.4, -0.2) is 41.6 Å². The van der Waals surface area contributed by atoms with Gasteiger partial charge in [0.1, 0.15) is 5.00 Å². The Balaban J connectivity index is 1.29. The third kappa shape index (κ3) is 5.50. The van der Waals surface area contributed by atoms with Gasteiger partial charge in [-0.3, -0.25) is 9.59 Å². The molecular formula is C24H29N5O3S2. The van der Waals surface area contributed by atoms with Gasteiger partial charge in [-0.25, -0.2) is 4.98 Å². The lowest BCUT2D eigenvalue weighted by Gasteiger charge is -2.25. The second-order valence-corrected chi connectivity index (χ2v) is 10.8. The lowest BCUT2D eigenvalue weighted by molar-refractivity contribution is -0.117. The molecule has 2 saturated carbocycles. The maximum absolute atomic E-state index is 13.2. The van der Waals surface area contributed by atoms with E-state index in [-0.39, 0.29) is 23.8 Å². The van der Waals surface area contributed by atoms with Crippen molar-refractivity contribution in [1.29, 1.82) is 0 Å². The summed E-state index contributed by atoms with van der Waals surface area (Å²) in [6.07, 6.45) is 8.28. The number of carbonyl (C=O) groups is 2. The van der Waals surface area contributed by atoms with E-state index in [9.17, 15) is 9.59 Å².